The molecule has 0 fully saturated rings. The van der Waals surface area contributed by atoms with Crippen LogP contribution in [-0.4, -0.2) is 73.0 Å². The normalized spacial score (nSPS) is 19.6. The monoisotopic (exact) mass is 568 g/mol. The van der Waals surface area contributed by atoms with Crippen LogP contribution in [0, 0.1) is 5.92 Å². The van der Waals surface area contributed by atoms with E-state index in [1.54, 1.807) is 19.9 Å². The summed E-state index contributed by atoms with van der Waals surface area (Å²) in [5.74, 6) is -1.71. The first-order valence-corrected chi connectivity index (χ1v) is 13.9. The maximum absolute atomic E-state index is 13.3. The lowest BCUT2D eigenvalue weighted by molar-refractivity contribution is -0.144. The molecule has 0 unspecified atom stereocenters. The number of amides is 5. The zero-order chi connectivity index (χ0) is 29.8. The molecular weight excluding hydrogens is 528 g/mol. The average molecular weight is 569 g/mol. The molecule has 0 radical (unpaired) electrons. The number of urea groups is 1. The minimum absolute atomic E-state index is 0.00987. The van der Waals surface area contributed by atoms with Crippen molar-refractivity contribution in [1.82, 2.24) is 31.6 Å². The maximum Gasteiger partial charge on any atom is 0.328 e. The largest absolute Gasteiger partial charge is 0.467 e. The van der Waals surface area contributed by atoms with E-state index in [4.69, 9.17) is 4.74 Å². The van der Waals surface area contributed by atoms with Crippen LogP contribution in [0.5, 0.6) is 0 Å². The molecule has 12 nitrogen and oxygen atoms in total. The number of methoxy groups -OCH3 is 1. The van der Waals surface area contributed by atoms with Crippen molar-refractivity contribution in [1.29, 1.82) is 0 Å². The Balaban J connectivity index is 1.60. The van der Waals surface area contributed by atoms with E-state index >= 15 is 0 Å². The van der Waals surface area contributed by atoms with Gasteiger partial charge in [-0.25, -0.2) is 9.59 Å². The number of rotatable bonds is 9. The van der Waals surface area contributed by atoms with Crippen LogP contribution in [0.25, 0.3) is 10.9 Å². The fraction of sp³-hybridized carbons (Fsp3) is 0.483. The number of para-hydroxylation sites is 1. The summed E-state index contributed by atoms with van der Waals surface area (Å²) < 4.78 is 4.71. The Labute approximate surface area is 239 Å². The van der Waals surface area contributed by atoms with Gasteiger partial charge < -0.3 is 36.3 Å². The van der Waals surface area contributed by atoms with Crippen LogP contribution in [0.15, 0.2) is 42.6 Å². The zero-order valence-electron chi connectivity index (χ0n) is 23.8. The van der Waals surface area contributed by atoms with Crippen molar-refractivity contribution in [3.8, 4) is 0 Å². The summed E-state index contributed by atoms with van der Waals surface area (Å²) in [5.41, 5.74) is 1.96. The molecule has 1 aliphatic rings. The first-order valence-electron chi connectivity index (χ1n) is 13.9. The number of fused-ring (bicyclic) bond motifs is 1. The van der Waals surface area contributed by atoms with E-state index in [-0.39, 0.29) is 30.7 Å². The van der Waals surface area contributed by atoms with E-state index in [0.717, 1.165) is 16.5 Å². The third kappa shape index (κ3) is 9.66. The predicted octanol–water partition coefficient (Wildman–Crippen LogP) is 1.42. The lowest BCUT2D eigenvalue weighted by Gasteiger charge is -2.23. The van der Waals surface area contributed by atoms with Gasteiger partial charge in [0.1, 0.15) is 12.1 Å². The van der Waals surface area contributed by atoms with E-state index in [0.29, 0.717) is 32.2 Å². The first kappa shape index (κ1) is 31.2. The average Bonchev–Trinajstić information content (AvgIpc) is 3.35. The fourth-order valence-corrected chi connectivity index (χ4v) is 4.58. The van der Waals surface area contributed by atoms with Gasteiger partial charge in [-0.05, 0) is 43.2 Å². The van der Waals surface area contributed by atoms with Gasteiger partial charge in [-0.1, -0.05) is 38.1 Å². The van der Waals surface area contributed by atoms with Gasteiger partial charge in [0.05, 0.1) is 13.2 Å². The highest BCUT2D eigenvalue weighted by Crippen LogP contribution is 2.19. The van der Waals surface area contributed by atoms with Crippen LogP contribution in [0.2, 0.25) is 0 Å². The quantitative estimate of drug-likeness (QED) is 0.250. The Morgan fingerprint density at radius 1 is 1.12 bits per heavy atom. The fourth-order valence-electron chi connectivity index (χ4n) is 4.58. The summed E-state index contributed by atoms with van der Waals surface area (Å²) in [5, 5.41) is 14.7. The molecule has 0 saturated carbocycles. The van der Waals surface area contributed by atoms with Gasteiger partial charge in [-0.15, -0.1) is 0 Å². The third-order valence-electron chi connectivity index (χ3n) is 6.84. The molecule has 2 heterocycles. The van der Waals surface area contributed by atoms with Crippen LogP contribution >= 0.6 is 0 Å². The van der Waals surface area contributed by atoms with E-state index in [1.165, 1.54) is 13.2 Å². The van der Waals surface area contributed by atoms with Crippen molar-refractivity contribution in [3.05, 3.63) is 48.2 Å². The van der Waals surface area contributed by atoms with Gasteiger partial charge in [-0.3, -0.25) is 14.4 Å². The first-order chi connectivity index (χ1) is 19.7. The number of ether oxygens (including phenoxy) is 1. The second-order valence-corrected chi connectivity index (χ2v) is 10.3. The van der Waals surface area contributed by atoms with Gasteiger partial charge >= 0.3 is 12.0 Å². The summed E-state index contributed by atoms with van der Waals surface area (Å²) in [7, 11) is 1.25. The van der Waals surface area contributed by atoms with Crippen LogP contribution in [0.1, 0.15) is 45.1 Å². The Bertz CT molecular complexity index is 1260. The molecule has 0 saturated heterocycles. The summed E-state index contributed by atoms with van der Waals surface area (Å²) in [4.78, 5) is 65.5. The van der Waals surface area contributed by atoms with Gasteiger partial charge in [-0.2, -0.15) is 0 Å². The Morgan fingerprint density at radius 3 is 2.66 bits per heavy atom. The van der Waals surface area contributed by atoms with Gasteiger partial charge in [0.25, 0.3) is 0 Å². The van der Waals surface area contributed by atoms with Crippen molar-refractivity contribution in [2.75, 3.05) is 20.2 Å². The number of carbonyl (C=O) groups is 5. The minimum atomic E-state index is -0.815. The van der Waals surface area contributed by atoms with E-state index in [2.05, 4.69) is 31.6 Å². The molecule has 5 amide bonds. The lowest BCUT2D eigenvalue weighted by Crippen LogP contribution is -2.51. The summed E-state index contributed by atoms with van der Waals surface area (Å²) in [6, 6.07) is 5.15. The molecule has 222 valence electrons. The number of aromatic nitrogens is 1. The molecule has 0 aliphatic carbocycles. The molecule has 1 aliphatic heterocycles. The van der Waals surface area contributed by atoms with Crippen LogP contribution in [-0.2, 0) is 30.3 Å². The predicted molar refractivity (Wildman–Crippen MR) is 154 cm³/mol. The molecule has 0 bridgehead atoms. The molecule has 3 atom stereocenters. The van der Waals surface area contributed by atoms with Crippen molar-refractivity contribution in [2.45, 2.75) is 64.1 Å². The number of aromatic amines is 1. The Morgan fingerprint density at radius 2 is 1.90 bits per heavy atom. The topological polar surface area (TPSA) is 171 Å². The van der Waals surface area contributed by atoms with Crippen molar-refractivity contribution in [2.24, 2.45) is 5.92 Å². The molecule has 3 rings (SSSR count). The Hall–Kier alpha value is -4.35. The number of H-pyrrole nitrogens is 1. The number of hydrogen-bond donors (Lipinski definition) is 6. The van der Waals surface area contributed by atoms with Crippen molar-refractivity contribution >= 4 is 40.6 Å². The lowest BCUT2D eigenvalue weighted by atomic mass is 10.0. The van der Waals surface area contributed by atoms with Crippen molar-refractivity contribution < 1.29 is 28.7 Å². The molecule has 2 aromatic rings. The maximum atomic E-state index is 13.3. The summed E-state index contributed by atoms with van der Waals surface area (Å²) in [6.45, 7) is 4.02. The summed E-state index contributed by atoms with van der Waals surface area (Å²) in [6.07, 6.45) is 7.01. The minimum Gasteiger partial charge on any atom is -0.467 e. The zero-order valence-corrected chi connectivity index (χ0v) is 23.8. The van der Waals surface area contributed by atoms with Gasteiger partial charge in [0.2, 0.25) is 17.7 Å². The second-order valence-electron chi connectivity index (χ2n) is 10.3. The number of nitrogens with one attached hydrogen (secondary N) is 6. The second kappa shape index (κ2) is 15.4. The molecule has 6 N–H and O–H groups in total. The van der Waals surface area contributed by atoms with E-state index in [9.17, 15) is 24.0 Å². The molecule has 1 aromatic carbocycles. The molecular formula is C29H40N6O6. The molecule has 1 aromatic heterocycles. The highest BCUT2D eigenvalue weighted by molar-refractivity contribution is 5.90. The number of hydrogen-bond acceptors (Lipinski definition) is 6. The van der Waals surface area contributed by atoms with Gasteiger partial charge in [0, 0.05) is 42.7 Å². The SMILES string of the molecule is COC(=O)[C@@H](NC(=O)NCCC(=O)N[C@H]1CCCCNC(=O)/C=C/[C@H](Cc2c[nH]c3ccccc23)NC1=O)C(C)C. The number of esters is 1. The van der Waals surface area contributed by atoms with Crippen LogP contribution < -0.4 is 26.6 Å². The summed E-state index contributed by atoms with van der Waals surface area (Å²) >= 11 is 0. The smallest absolute Gasteiger partial charge is 0.328 e. The molecule has 0 spiro atoms. The Kier molecular flexibility index (Phi) is 11.7. The third-order valence-corrected chi connectivity index (χ3v) is 6.84. The van der Waals surface area contributed by atoms with E-state index < -0.39 is 36.0 Å². The highest BCUT2D eigenvalue weighted by Gasteiger charge is 2.26. The molecule has 12 heteroatoms. The van der Waals surface area contributed by atoms with Gasteiger partial charge in [0.15, 0.2) is 0 Å². The van der Waals surface area contributed by atoms with Crippen molar-refractivity contribution in [3.63, 3.8) is 0 Å². The standard InChI is InChI=1S/C29H40N6O6/c1-18(2)26(28(39)41-3)35-29(40)31-15-13-25(37)34-23-10-6-7-14-30-24(36)12-11-20(33-27(23)38)16-19-17-32-22-9-5-4-8-21(19)22/h4-5,8-9,11-12,17-18,20,23,26,32H,6-7,10,13-16H2,1-3H3,(H,30,36)(H,33,38)(H,34,37)(H2,31,35,40)/b12-11+/t20-,23+,26+/m1/s1. The molecule has 41 heavy (non-hydrogen) atoms. The van der Waals surface area contributed by atoms with Crippen LogP contribution in [0.3, 0.4) is 0 Å². The van der Waals surface area contributed by atoms with E-state index in [1.807, 2.05) is 30.5 Å². The number of benzene rings is 1. The highest BCUT2D eigenvalue weighted by atomic mass is 16.5. The number of carbonyl (C=O) groups excluding carboxylic acids is 5. The van der Waals surface area contributed by atoms with Crippen LogP contribution in [0.4, 0.5) is 4.79 Å².